The highest BCUT2D eigenvalue weighted by Gasteiger charge is 2.20. The van der Waals surface area contributed by atoms with Crippen molar-refractivity contribution in [3.63, 3.8) is 0 Å². The second-order valence-corrected chi connectivity index (χ2v) is 6.72. The van der Waals surface area contributed by atoms with Crippen molar-refractivity contribution in [1.29, 1.82) is 0 Å². The monoisotopic (exact) mass is 326 g/mol. The first-order chi connectivity index (χ1) is 10.8. The number of carbonyl (C=O) groups excluding carboxylic acids is 1. The maximum Gasteiger partial charge on any atom is 0.187 e. The second kappa shape index (κ2) is 5.59. The molecule has 2 aromatic carbocycles. The predicted molar refractivity (Wildman–Crippen MR) is 87.0 cm³/mol. The predicted octanol–water partition coefficient (Wildman–Crippen LogP) is 4.61. The number of thioether (sulfide) groups is 2. The molecule has 2 aromatic rings. The Morgan fingerprint density at radius 2 is 1.23 bits per heavy atom. The van der Waals surface area contributed by atoms with Crippen LogP contribution in [0.2, 0.25) is 0 Å². The Labute approximate surface area is 136 Å². The third kappa shape index (κ3) is 2.65. The number of benzene rings is 2. The van der Waals surface area contributed by atoms with Crippen molar-refractivity contribution < 1.29 is 14.3 Å². The fourth-order valence-corrected chi connectivity index (χ4v) is 3.86. The molecule has 108 valence electrons. The van der Waals surface area contributed by atoms with E-state index in [0.717, 1.165) is 21.3 Å². The summed E-state index contributed by atoms with van der Waals surface area (Å²) in [6, 6.07) is 15.4. The Balaban J connectivity index is 1.49. The average molecular weight is 326 g/mol. The quantitative estimate of drug-likeness (QED) is 0.753. The lowest BCUT2D eigenvalue weighted by molar-refractivity contribution is -0.110. The molecule has 0 saturated carbocycles. The summed E-state index contributed by atoms with van der Waals surface area (Å²) in [6.45, 7) is 0. The number of rotatable bonds is 2. The summed E-state index contributed by atoms with van der Waals surface area (Å²) in [5.41, 5.74) is 0. The van der Waals surface area contributed by atoms with Gasteiger partial charge in [-0.15, -0.1) is 0 Å². The van der Waals surface area contributed by atoms with Gasteiger partial charge in [0.2, 0.25) is 0 Å². The third-order valence-electron chi connectivity index (χ3n) is 3.06. The van der Waals surface area contributed by atoms with Crippen LogP contribution in [0.25, 0.3) is 0 Å². The molecular formula is C17H10O3S2. The first-order valence-electron chi connectivity index (χ1n) is 6.65. The van der Waals surface area contributed by atoms with Gasteiger partial charge in [-0.1, -0.05) is 24.3 Å². The molecule has 0 saturated heterocycles. The number of ether oxygens (including phenoxy) is 2. The molecule has 0 spiro atoms. The summed E-state index contributed by atoms with van der Waals surface area (Å²) in [6.07, 6.45) is 2.98. The molecule has 2 heterocycles. The van der Waals surface area contributed by atoms with Crippen molar-refractivity contribution in [3.05, 3.63) is 70.9 Å². The van der Waals surface area contributed by atoms with Crippen molar-refractivity contribution in [2.24, 2.45) is 0 Å². The molecule has 3 nitrogen and oxygen atoms in total. The molecular weight excluding hydrogens is 316 g/mol. The topological polar surface area (TPSA) is 35.5 Å². The van der Waals surface area contributed by atoms with Gasteiger partial charge in [0.15, 0.2) is 16.0 Å². The molecule has 2 aliphatic heterocycles. The Kier molecular flexibility index (Phi) is 3.44. The molecule has 0 aromatic heterocycles. The molecule has 5 heteroatoms. The number of hydrogen-bond acceptors (Lipinski definition) is 5. The number of ketones is 1. The van der Waals surface area contributed by atoms with E-state index in [1.54, 1.807) is 0 Å². The minimum atomic E-state index is -0.148. The van der Waals surface area contributed by atoms with Gasteiger partial charge in [-0.25, -0.2) is 0 Å². The van der Waals surface area contributed by atoms with Gasteiger partial charge in [-0.05, 0) is 47.8 Å². The van der Waals surface area contributed by atoms with Crippen molar-refractivity contribution in [2.75, 3.05) is 0 Å². The number of para-hydroxylation sites is 2. The largest absolute Gasteiger partial charge is 0.449 e. The minimum absolute atomic E-state index is 0.148. The fourth-order valence-electron chi connectivity index (χ4n) is 2.10. The maximum absolute atomic E-state index is 12.1. The van der Waals surface area contributed by atoms with Gasteiger partial charge in [0.05, 0.1) is 9.79 Å². The van der Waals surface area contributed by atoms with Crippen molar-refractivity contribution in [3.8, 4) is 11.5 Å². The van der Waals surface area contributed by atoms with Gasteiger partial charge in [0.1, 0.15) is 11.5 Å². The normalized spacial score (nSPS) is 18.7. The summed E-state index contributed by atoms with van der Waals surface area (Å²) >= 11 is 2.90. The van der Waals surface area contributed by atoms with Gasteiger partial charge >= 0.3 is 0 Å². The van der Waals surface area contributed by atoms with E-state index in [-0.39, 0.29) is 5.78 Å². The molecule has 0 radical (unpaired) electrons. The number of allylic oxidation sites excluding steroid dienone is 2. The zero-order valence-electron chi connectivity index (χ0n) is 11.3. The van der Waals surface area contributed by atoms with Crippen LogP contribution in [0, 0.1) is 0 Å². The standard InChI is InChI=1S/C17H10O3S2/c18-11(9-16-19-12-5-1-3-7-14(12)21-16)10-17-20-13-6-2-4-8-15(13)22-17/h1-10H. The van der Waals surface area contributed by atoms with Crippen LogP contribution in [0.5, 0.6) is 11.5 Å². The Bertz CT molecular complexity index is 703. The van der Waals surface area contributed by atoms with E-state index in [4.69, 9.17) is 9.47 Å². The van der Waals surface area contributed by atoms with Crippen LogP contribution in [0.4, 0.5) is 0 Å². The van der Waals surface area contributed by atoms with E-state index in [2.05, 4.69) is 0 Å². The zero-order valence-corrected chi connectivity index (χ0v) is 12.9. The summed E-state index contributed by atoms with van der Waals surface area (Å²) in [5, 5.41) is 1.17. The van der Waals surface area contributed by atoms with Gasteiger partial charge < -0.3 is 9.47 Å². The molecule has 0 amide bonds. The maximum atomic E-state index is 12.1. The first kappa shape index (κ1) is 13.5. The Hall–Kier alpha value is -2.11. The summed E-state index contributed by atoms with van der Waals surface area (Å²) in [4.78, 5) is 14.2. The smallest absolute Gasteiger partial charge is 0.187 e. The van der Waals surface area contributed by atoms with Gasteiger partial charge in [0, 0.05) is 12.2 Å². The molecule has 0 fully saturated rings. The van der Waals surface area contributed by atoms with Gasteiger partial charge in [-0.3, -0.25) is 4.79 Å². The highest BCUT2D eigenvalue weighted by atomic mass is 32.2. The third-order valence-corrected chi connectivity index (χ3v) is 4.98. The minimum Gasteiger partial charge on any atom is -0.449 e. The van der Waals surface area contributed by atoms with E-state index < -0.39 is 0 Å². The lowest BCUT2D eigenvalue weighted by Gasteiger charge is -1.97. The Morgan fingerprint density at radius 3 is 1.68 bits per heavy atom. The van der Waals surface area contributed by atoms with Crippen molar-refractivity contribution >= 4 is 29.3 Å². The highest BCUT2D eigenvalue weighted by Crippen LogP contribution is 2.44. The SMILES string of the molecule is O=C(C=C1Oc2ccccc2S1)C=C1Oc2ccccc2S1. The Morgan fingerprint density at radius 1 is 0.773 bits per heavy atom. The zero-order chi connectivity index (χ0) is 14.9. The summed E-state index contributed by atoms with van der Waals surface area (Å²) < 4.78 is 11.3. The van der Waals surface area contributed by atoms with Crippen LogP contribution >= 0.6 is 23.5 Å². The lowest BCUT2D eigenvalue weighted by Crippen LogP contribution is -1.94. The van der Waals surface area contributed by atoms with E-state index in [0.29, 0.717) is 10.2 Å². The fraction of sp³-hybridized carbons (Fsp3) is 0. The summed E-state index contributed by atoms with van der Waals surface area (Å²) in [5.74, 6) is 1.43. The van der Waals surface area contributed by atoms with Crippen LogP contribution in [-0.2, 0) is 4.79 Å². The van der Waals surface area contributed by atoms with Crippen molar-refractivity contribution in [1.82, 2.24) is 0 Å². The molecule has 0 N–H and O–H groups in total. The van der Waals surface area contributed by atoms with E-state index >= 15 is 0 Å². The molecule has 0 atom stereocenters. The first-order valence-corrected chi connectivity index (χ1v) is 8.28. The molecule has 0 bridgehead atoms. The number of hydrogen-bond donors (Lipinski definition) is 0. The second-order valence-electron chi connectivity index (χ2n) is 4.63. The van der Waals surface area contributed by atoms with Gasteiger partial charge in [0.25, 0.3) is 0 Å². The molecule has 4 rings (SSSR count). The van der Waals surface area contributed by atoms with Crippen LogP contribution in [0.15, 0.2) is 80.7 Å². The molecule has 2 aliphatic rings. The van der Waals surface area contributed by atoms with Crippen LogP contribution in [0.1, 0.15) is 0 Å². The number of carbonyl (C=O) groups is 1. The summed E-state index contributed by atoms with van der Waals surface area (Å²) in [7, 11) is 0. The number of fused-ring (bicyclic) bond motifs is 2. The average Bonchev–Trinajstić information content (AvgIpc) is 3.08. The van der Waals surface area contributed by atoms with E-state index in [1.165, 1.54) is 35.7 Å². The van der Waals surface area contributed by atoms with E-state index in [1.807, 2.05) is 48.5 Å². The molecule has 0 aliphatic carbocycles. The van der Waals surface area contributed by atoms with Gasteiger partial charge in [-0.2, -0.15) is 0 Å². The van der Waals surface area contributed by atoms with Crippen LogP contribution in [0.3, 0.4) is 0 Å². The molecule has 22 heavy (non-hydrogen) atoms. The van der Waals surface area contributed by atoms with Crippen LogP contribution in [-0.4, -0.2) is 5.78 Å². The van der Waals surface area contributed by atoms with E-state index in [9.17, 15) is 4.79 Å². The lowest BCUT2D eigenvalue weighted by atomic mass is 10.3. The van der Waals surface area contributed by atoms with Crippen LogP contribution < -0.4 is 9.47 Å². The van der Waals surface area contributed by atoms with Crippen molar-refractivity contribution in [2.45, 2.75) is 9.79 Å². The highest BCUT2D eigenvalue weighted by molar-refractivity contribution is 8.03. The molecule has 0 unspecified atom stereocenters.